The van der Waals surface area contributed by atoms with Crippen LogP contribution in [-0.4, -0.2) is 40.5 Å². The first-order valence-corrected chi connectivity index (χ1v) is 7.40. The van der Waals surface area contributed by atoms with Gasteiger partial charge in [0.1, 0.15) is 6.34 Å². The fourth-order valence-electron chi connectivity index (χ4n) is 3.54. The summed E-state index contributed by atoms with van der Waals surface area (Å²) in [6, 6.07) is 0. The average molecular weight is 251 g/mol. The Morgan fingerprint density at radius 2 is 1.76 bits per heavy atom. The highest BCUT2D eigenvalue weighted by Crippen LogP contribution is 2.75. The molecule has 94 valence electrons. The summed E-state index contributed by atoms with van der Waals surface area (Å²) in [6.45, 7) is 11.5. The van der Waals surface area contributed by atoms with Gasteiger partial charge in [0.15, 0.2) is 0 Å². The number of rotatable bonds is 2. The van der Waals surface area contributed by atoms with Gasteiger partial charge in [0, 0.05) is 34.4 Å². The molecule has 0 atom stereocenters. The molecule has 0 N–H and O–H groups in total. The summed E-state index contributed by atoms with van der Waals surface area (Å²) in [5.41, 5.74) is 1.70. The molecule has 1 spiro atoms. The Labute approximate surface area is 108 Å². The minimum atomic E-state index is 0.216. The maximum atomic E-state index is 4.52. The van der Waals surface area contributed by atoms with Crippen LogP contribution in [0.15, 0.2) is 10.2 Å². The lowest BCUT2D eigenvalue weighted by Crippen LogP contribution is -2.66. The van der Waals surface area contributed by atoms with E-state index in [1.54, 1.807) is 0 Å². The summed E-state index contributed by atoms with van der Waals surface area (Å²) >= 11 is 2.09. The van der Waals surface area contributed by atoms with Crippen LogP contribution in [0.4, 0.5) is 0 Å². The van der Waals surface area contributed by atoms with E-state index in [-0.39, 0.29) is 10.8 Å². The first-order chi connectivity index (χ1) is 7.92. The third-order valence-corrected chi connectivity index (χ3v) is 6.79. The Hall–Kier alpha value is -0.510. The maximum absolute atomic E-state index is 4.52. The summed E-state index contributed by atoms with van der Waals surface area (Å²) in [5, 5.41) is 8.80. The van der Waals surface area contributed by atoms with Crippen molar-refractivity contribution in [2.24, 2.45) is 21.0 Å². The van der Waals surface area contributed by atoms with Gasteiger partial charge in [0.25, 0.3) is 0 Å². The summed E-state index contributed by atoms with van der Waals surface area (Å²) < 4.78 is 0.436. The molecule has 2 saturated heterocycles. The van der Waals surface area contributed by atoms with Crippen molar-refractivity contribution < 1.29 is 0 Å². The molecule has 2 heterocycles. The van der Waals surface area contributed by atoms with Crippen molar-refractivity contribution in [3.63, 3.8) is 0 Å². The van der Waals surface area contributed by atoms with Crippen molar-refractivity contribution in [1.82, 2.24) is 4.90 Å². The highest BCUT2D eigenvalue weighted by molar-refractivity contribution is 8.08. The Balaban J connectivity index is 1.78. The number of hydrogen-bond acceptors (Lipinski definition) is 3. The summed E-state index contributed by atoms with van der Waals surface area (Å²) in [5.74, 6) is 1.28. The predicted octanol–water partition coefficient (Wildman–Crippen LogP) is 2.63. The zero-order chi connectivity index (χ0) is 12.3. The van der Waals surface area contributed by atoms with E-state index in [0.29, 0.717) is 4.75 Å². The monoisotopic (exact) mass is 251 g/mol. The minimum absolute atomic E-state index is 0.216. The van der Waals surface area contributed by atoms with Crippen LogP contribution in [0.5, 0.6) is 0 Å². The zero-order valence-corrected chi connectivity index (χ0v) is 12.0. The van der Waals surface area contributed by atoms with E-state index >= 15 is 0 Å². The SMILES string of the molecule is CC1(C)C(=N/N=C/N2CCC2)C(C)(C)C12CS2. The van der Waals surface area contributed by atoms with Crippen molar-refractivity contribution >= 4 is 23.8 Å². The van der Waals surface area contributed by atoms with Gasteiger partial charge >= 0.3 is 0 Å². The lowest BCUT2D eigenvalue weighted by atomic mass is 9.47. The quantitative estimate of drug-likeness (QED) is 0.327. The van der Waals surface area contributed by atoms with Crippen molar-refractivity contribution in [1.29, 1.82) is 0 Å². The van der Waals surface area contributed by atoms with Crippen molar-refractivity contribution in [3.8, 4) is 0 Å². The molecule has 3 rings (SSSR count). The Morgan fingerprint density at radius 1 is 1.18 bits per heavy atom. The molecule has 1 aliphatic carbocycles. The molecule has 17 heavy (non-hydrogen) atoms. The van der Waals surface area contributed by atoms with Crippen LogP contribution in [0.2, 0.25) is 0 Å². The molecule has 0 aromatic heterocycles. The largest absolute Gasteiger partial charge is 0.361 e. The van der Waals surface area contributed by atoms with Crippen LogP contribution < -0.4 is 0 Å². The molecule has 3 nitrogen and oxygen atoms in total. The van der Waals surface area contributed by atoms with Gasteiger partial charge in [-0.3, -0.25) is 0 Å². The van der Waals surface area contributed by atoms with Gasteiger partial charge in [-0.1, -0.05) is 27.7 Å². The van der Waals surface area contributed by atoms with Crippen LogP contribution >= 0.6 is 11.8 Å². The first-order valence-electron chi connectivity index (χ1n) is 6.42. The van der Waals surface area contributed by atoms with Gasteiger partial charge in [-0.05, 0) is 6.42 Å². The first kappa shape index (κ1) is 11.6. The van der Waals surface area contributed by atoms with Gasteiger partial charge in [0.2, 0.25) is 0 Å². The number of nitrogens with zero attached hydrogens (tertiary/aromatic N) is 3. The third-order valence-electron chi connectivity index (χ3n) is 4.90. The van der Waals surface area contributed by atoms with E-state index in [1.165, 1.54) is 17.9 Å². The molecule has 3 fully saturated rings. The number of hydrogen-bond donors (Lipinski definition) is 0. The molecule has 3 aliphatic rings. The molecule has 4 heteroatoms. The highest BCUT2D eigenvalue weighted by atomic mass is 32.2. The lowest BCUT2D eigenvalue weighted by Gasteiger charge is -2.58. The molecule has 2 aliphatic heterocycles. The zero-order valence-electron chi connectivity index (χ0n) is 11.2. The molecular formula is C13H21N3S. The molecule has 0 aromatic rings. The molecular weight excluding hydrogens is 230 g/mol. The highest BCUT2D eigenvalue weighted by Gasteiger charge is 2.77. The molecule has 0 aromatic carbocycles. The average Bonchev–Trinajstić information content (AvgIpc) is 2.94. The second-order valence-electron chi connectivity index (χ2n) is 6.43. The molecule has 0 bridgehead atoms. The van der Waals surface area contributed by atoms with Crippen LogP contribution in [0.3, 0.4) is 0 Å². The van der Waals surface area contributed by atoms with Crippen LogP contribution in [-0.2, 0) is 0 Å². The second-order valence-corrected chi connectivity index (χ2v) is 7.71. The van der Waals surface area contributed by atoms with Gasteiger partial charge in [-0.25, -0.2) is 0 Å². The molecule has 0 unspecified atom stereocenters. The van der Waals surface area contributed by atoms with E-state index in [9.17, 15) is 0 Å². The topological polar surface area (TPSA) is 28.0 Å². The van der Waals surface area contributed by atoms with E-state index in [2.05, 4.69) is 54.6 Å². The Bertz CT molecular complexity index is 381. The summed E-state index contributed by atoms with van der Waals surface area (Å²) in [6.07, 6.45) is 3.19. The fraction of sp³-hybridized carbons (Fsp3) is 0.846. The fourth-order valence-corrected chi connectivity index (χ4v) is 5.32. The van der Waals surface area contributed by atoms with Crippen LogP contribution in [0.1, 0.15) is 34.1 Å². The summed E-state index contributed by atoms with van der Waals surface area (Å²) in [7, 11) is 0. The lowest BCUT2D eigenvalue weighted by molar-refractivity contribution is 0.183. The normalized spacial score (nSPS) is 31.3. The van der Waals surface area contributed by atoms with Gasteiger partial charge in [-0.2, -0.15) is 16.9 Å². The number of likely N-dealkylation sites (tertiary alicyclic amines) is 1. The maximum Gasteiger partial charge on any atom is 0.114 e. The van der Waals surface area contributed by atoms with Gasteiger partial charge in [-0.15, -0.1) is 5.10 Å². The van der Waals surface area contributed by atoms with Crippen LogP contribution in [0, 0.1) is 10.8 Å². The standard InChI is InChI=1S/C13H21N3S/c1-11(2)10(12(3,4)13(11)8-17-13)15-14-9-16-6-5-7-16/h9H,5-8H2,1-4H3/b14-9+,15-10?. The third kappa shape index (κ3) is 1.30. The predicted molar refractivity (Wildman–Crippen MR) is 74.9 cm³/mol. The Morgan fingerprint density at radius 3 is 2.18 bits per heavy atom. The smallest absolute Gasteiger partial charge is 0.114 e. The van der Waals surface area contributed by atoms with Crippen molar-refractivity contribution in [2.75, 3.05) is 18.8 Å². The minimum Gasteiger partial charge on any atom is -0.361 e. The van der Waals surface area contributed by atoms with Crippen molar-refractivity contribution in [3.05, 3.63) is 0 Å². The summed E-state index contributed by atoms with van der Waals surface area (Å²) in [4.78, 5) is 2.21. The van der Waals surface area contributed by atoms with Crippen LogP contribution in [0.25, 0.3) is 0 Å². The van der Waals surface area contributed by atoms with Crippen molar-refractivity contribution in [2.45, 2.75) is 38.9 Å². The molecule has 0 amide bonds. The van der Waals surface area contributed by atoms with Gasteiger partial charge < -0.3 is 4.90 Å². The molecule has 0 radical (unpaired) electrons. The van der Waals surface area contributed by atoms with E-state index in [0.717, 1.165) is 13.1 Å². The van der Waals surface area contributed by atoms with Gasteiger partial charge in [0.05, 0.1) is 5.71 Å². The molecule has 1 saturated carbocycles. The number of thioether (sulfide) groups is 1. The van der Waals surface area contributed by atoms with E-state index in [4.69, 9.17) is 0 Å². The Kier molecular flexibility index (Phi) is 2.23. The van der Waals surface area contributed by atoms with E-state index < -0.39 is 0 Å². The van der Waals surface area contributed by atoms with E-state index in [1.807, 2.05) is 6.34 Å². The second kappa shape index (κ2) is 3.28.